The monoisotopic (exact) mass is 332 g/mol. The van der Waals surface area contributed by atoms with Crippen molar-refractivity contribution in [2.24, 2.45) is 5.92 Å². The van der Waals surface area contributed by atoms with Gasteiger partial charge in [-0.2, -0.15) is 0 Å². The molecule has 1 aliphatic rings. The molecule has 4 heteroatoms. The normalized spacial score (nSPS) is 23.0. The molecule has 24 heavy (non-hydrogen) atoms. The molecule has 4 nitrogen and oxygen atoms in total. The van der Waals surface area contributed by atoms with Gasteiger partial charge in [0, 0.05) is 25.2 Å². The summed E-state index contributed by atoms with van der Waals surface area (Å²) in [6.07, 6.45) is 1.84. The zero-order chi connectivity index (χ0) is 17.7. The average Bonchev–Trinajstić information content (AvgIpc) is 2.54. The molecule has 1 aliphatic heterocycles. The second kappa shape index (κ2) is 8.02. The van der Waals surface area contributed by atoms with E-state index in [4.69, 9.17) is 4.74 Å². The fraction of sp³-hybridized carbons (Fsp3) is 0.650. The van der Waals surface area contributed by atoms with E-state index in [0.717, 1.165) is 25.9 Å². The number of hydrogen-bond donors (Lipinski definition) is 1. The van der Waals surface area contributed by atoms with E-state index in [-0.39, 0.29) is 6.09 Å². The molecule has 0 bridgehead atoms. The van der Waals surface area contributed by atoms with Gasteiger partial charge in [-0.3, -0.25) is 0 Å². The number of carbonyl (C=O) groups excluding carboxylic acids is 1. The topological polar surface area (TPSA) is 41.6 Å². The van der Waals surface area contributed by atoms with Crippen LogP contribution in [0.15, 0.2) is 30.3 Å². The predicted molar refractivity (Wildman–Crippen MR) is 98.0 cm³/mol. The Bertz CT molecular complexity index is 524. The molecule has 1 aromatic carbocycles. The summed E-state index contributed by atoms with van der Waals surface area (Å²) in [6, 6.07) is 11.3. The molecule has 2 rings (SSSR count). The first-order valence-corrected chi connectivity index (χ1v) is 9.09. The standard InChI is InChI=1S/C20H32N2O2/c1-6-16-14-22(19(23)24-20(3,4)5)13-12-18(16)21-15(2)17-10-8-7-9-11-17/h7-11,15-16,18,21H,6,12-14H2,1-5H3/t15-,16+,18-/m1/s1. The van der Waals surface area contributed by atoms with Gasteiger partial charge in [0.05, 0.1) is 0 Å². The van der Waals surface area contributed by atoms with Crippen LogP contribution in [0.1, 0.15) is 59.1 Å². The van der Waals surface area contributed by atoms with Gasteiger partial charge in [-0.1, -0.05) is 43.7 Å². The van der Waals surface area contributed by atoms with Crippen LogP contribution in [0.25, 0.3) is 0 Å². The number of rotatable bonds is 4. The highest BCUT2D eigenvalue weighted by atomic mass is 16.6. The van der Waals surface area contributed by atoms with Crippen LogP contribution in [-0.4, -0.2) is 35.7 Å². The Morgan fingerprint density at radius 1 is 1.33 bits per heavy atom. The van der Waals surface area contributed by atoms with Crippen LogP contribution in [0, 0.1) is 5.92 Å². The highest BCUT2D eigenvalue weighted by Gasteiger charge is 2.33. The number of piperidine rings is 1. The maximum Gasteiger partial charge on any atom is 0.410 e. The molecule has 1 fully saturated rings. The Morgan fingerprint density at radius 2 is 2.00 bits per heavy atom. The van der Waals surface area contributed by atoms with Crippen LogP contribution in [0.5, 0.6) is 0 Å². The Labute approximate surface area is 146 Å². The van der Waals surface area contributed by atoms with Gasteiger partial charge in [0.15, 0.2) is 0 Å². The van der Waals surface area contributed by atoms with Crippen molar-refractivity contribution in [3.63, 3.8) is 0 Å². The molecule has 0 unspecified atom stereocenters. The van der Waals surface area contributed by atoms with Crippen LogP contribution < -0.4 is 5.32 Å². The van der Waals surface area contributed by atoms with Gasteiger partial charge in [-0.25, -0.2) is 4.79 Å². The van der Waals surface area contributed by atoms with Crippen LogP contribution >= 0.6 is 0 Å². The average molecular weight is 332 g/mol. The predicted octanol–water partition coefficient (Wildman–Crippen LogP) is 4.37. The third-order valence-corrected chi connectivity index (χ3v) is 4.67. The van der Waals surface area contributed by atoms with E-state index in [9.17, 15) is 4.79 Å². The molecule has 1 amide bonds. The Kier molecular flexibility index (Phi) is 6.27. The molecule has 0 aromatic heterocycles. The van der Waals surface area contributed by atoms with Gasteiger partial charge in [-0.15, -0.1) is 0 Å². The maximum absolute atomic E-state index is 12.3. The fourth-order valence-electron chi connectivity index (χ4n) is 3.32. The number of hydrogen-bond acceptors (Lipinski definition) is 3. The third-order valence-electron chi connectivity index (χ3n) is 4.67. The molecular weight excluding hydrogens is 300 g/mol. The van der Waals surface area contributed by atoms with Gasteiger partial charge >= 0.3 is 6.09 Å². The molecule has 0 aliphatic carbocycles. The minimum Gasteiger partial charge on any atom is -0.444 e. The largest absolute Gasteiger partial charge is 0.444 e. The van der Waals surface area contributed by atoms with Crippen LogP contribution in [0.2, 0.25) is 0 Å². The minimum atomic E-state index is -0.435. The summed E-state index contributed by atoms with van der Waals surface area (Å²) in [5, 5.41) is 3.77. The fourth-order valence-corrected chi connectivity index (χ4v) is 3.32. The van der Waals surface area contributed by atoms with Gasteiger partial charge in [-0.05, 0) is 45.6 Å². The lowest BCUT2D eigenvalue weighted by Crippen LogP contribution is -2.52. The number of amides is 1. The molecule has 134 valence electrons. The summed E-state index contributed by atoms with van der Waals surface area (Å²) in [7, 11) is 0. The summed E-state index contributed by atoms with van der Waals surface area (Å²) in [5.41, 5.74) is 0.873. The first kappa shape index (κ1) is 18.8. The molecule has 0 radical (unpaired) electrons. The SMILES string of the molecule is CC[C@H]1CN(C(=O)OC(C)(C)C)CC[C@H]1N[C@H](C)c1ccccc1. The highest BCUT2D eigenvalue weighted by Crippen LogP contribution is 2.25. The molecule has 1 saturated heterocycles. The lowest BCUT2D eigenvalue weighted by molar-refractivity contribution is 0.0125. The minimum absolute atomic E-state index is 0.185. The van der Waals surface area contributed by atoms with Crippen molar-refractivity contribution in [1.82, 2.24) is 10.2 Å². The van der Waals surface area contributed by atoms with Gasteiger partial charge in [0.1, 0.15) is 5.60 Å². The van der Waals surface area contributed by atoms with E-state index in [0.29, 0.717) is 18.0 Å². The van der Waals surface area contributed by atoms with Crippen LogP contribution in [0.4, 0.5) is 4.79 Å². The van der Waals surface area contributed by atoms with Crippen LogP contribution in [0.3, 0.4) is 0 Å². The quantitative estimate of drug-likeness (QED) is 0.890. The summed E-state index contributed by atoms with van der Waals surface area (Å²) < 4.78 is 5.52. The van der Waals surface area contributed by atoms with Crippen LogP contribution in [-0.2, 0) is 4.74 Å². The molecule has 1 N–H and O–H groups in total. The third kappa shape index (κ3) is 5.23. The van der Waals surface area contributed by atoms with Gasteiger partial charge < -0.3 is 15.0 Å². The second-order valence-corrected chi connectivity index (χ2v) is 7.79. The van der Waals surface area contributed by atoms with Crippen molar-refractivity contribution < 1.29 is 9.53 Å². The molecule has 1 aromatic rings. The van der Waals surface area contributed by atoms with E-state index >= 15 is 0 Å². The molecular formula is C20H32N2O2. The lowest BCUT2D eigenvalue weighted by Gasteiger charge is -2.40. The highest BCUT2D eigenvalue weighted by molar-refractivity contribution is 5.68. The van der Waals surface area contributed by atoms with Crippen molar-refractivity contribution in [3.05, 3.63) is 35.9 Å². The van der Waals surface area contributed by atoms with Gasteiger partial charge in [0.2, 0.25) is 0 Å². The van der Waals surface area contributed by atoms with E-state index in [1.807, 2.05) is 31.7 Å². The number of ether oxygens (including phenoxy) is 1. The number of carbonyl (C=O) groups is 1. The zero-order valence-electron chi connectivity index (χ0n) is 15.7. The summed E-state index contributed by atoms with van der Waals surface area (Å²) in [4.78, 5) is 14.2. The molecule has 3 atom stereocenters. The van der Waals surface area contributed by atoms with E-state index in [2.05, 4.69) is 43.4 Å². The first-order valence-electron chi connectivity index (χ1n) is 9.09. The molecule has 1 heterocycles. The van der Waals surface area contributed by atoms with Crippen molar-refractivity contribution in [2.75, 3.05) is 13.1 Å². The summed E-state index contributed by atoms with van der Waals surface area (Å²) >= 11 is 0. The molecule has 0 saturated carbocycles. The smallest absolute Gasteiger partial charge is 0.410 e. The van der Waals surface area contributed by atoms with E-state index < -0.39 is 5.60 Å². The zero-order valence-corrected chi connectivity index (χ0v) is 15.7. The van der Waals surface area contributed by atoms with Crippen molar-refractivity contribution in [2.45, 2.75) is 65.1 Å². The van der Waals surface area contributed by atoms with Crippen molar-refractivity contribution in [3.8, 4) is 0 Å². The second-order valence-electron chi connectivity index (χ2n) is 7.79. The number of nitrogens with one attached hydrogen (secondary N) is 1. The summed E-state index contributed by atoms with van der Waals surface area (Å²) in [5.74, 6) is 0.456. The Morgan fingerprint density at radius 3 is 2.58 bits per heavy atom. The van der Waals surface area contributed by atoms with Gasteiger partial charge in [0.25, 0.3) is 0 Å². The Hall–Kier alpha value is -1.55. The van der Waals surface area contributed by atoms with Crippen molar-refractivity contribution in [1.29, 1.82) is 0 Å². The molecule has 0 spiro atoms. The number of benzene rings is 1. The van der Waals surface area contributed by atoms with E-state index in [1.165, 1.54) is 5.56 Å². The maximum atomic E-state index is 12.3. The van der Waals surface area contributed by atoms with Crippen molar-refractivity contribution >= 4 is 6.09 Å². The first-order chi connectivity index (χ1) is 11.3. The number of likely N-dealkylation sites (tertiary alicyclic amines) is 1. The lowest BCUT2D eigenvalue weighted by atomic mass is 9.89. The number of nitrogens with zero attached hydrogens (tertiary/aromatic N) is 1. The Balaban J connectivity index is 1.94. The van der Waals surface area contributed by atoms with E-state index in [1.54, 1.807) is 0 Å². The summed E-state index contributed by atoms with van der Waals surface area (Å²) in [6.45, 7) is 11.7.